The summed E-state index contributed by atoms with van der Waals surface area (Å²) >= 11 is 0. The number of carbonyl (C=O) groups excluding carboxylic acids is 1. The fraction of sp³-hybridized carbons (Fsp3) is 0.364. The Morgan fingerprint density at radius 2 is 2.24 bits per heavy atom. The van der Waals surface area contributed by atoms with Gasteiger partial charge in [-0.25, -0.2) is 4.79 Å². The molecule has 0 aliphatic carbocycles. The molecule has 1 fully saturated rings. The van der Waals surface area contributed by atoms with Crippen LogP contribution in [0.2, 0.25) is 0 Å². The SMILES string of the molecule is O=C(O)C1CCCN1C(=O)c1ccncc1O. The molecule has 6 heteroatoms. The van der Waals surface area contributed by atoms with E-state index in [1.165, 1.54) is 23.4 Å². The van der Waals surface area contributed by atoms with E-state index in [1.807, 2.05) is 0 Å². The summed E-state index contributed by atoms with van der Waals surface area (Å²) in [5.41, 5.74) is 0.0909. The first-order chi connectivity index (χ1) is 8.11. The lowest BCUT2D eigenvalue weighted by Gasteiger charge is -2.21. The quantitative estimate of drug-likeness (QED) is 0.779. The third-order valence-electron chi connectivity index (χ3n) is 2.83. The maximum atomic E-state index is 12.1. The van der Waals surface area contributed by atoms with Gasteiger partial charge in [0.2, 0.25) is 0 Å². The van der Waals surface area contributed by atoms with Crippen LogP contribution in [0, 0.1) is 0 Å². The standard InChI is InChI=1S/C11H12N2O4/c14-9-6-12-4-3-7(9)10(15)13-5-1-2-8(13)11(16)17/h3-4,6,8,14H,1-2,5H2,(H,16,17). The molecule has 0 aromatic carbocycles. The van der Waals surface area contributed by atoms with Crippen LogP contribution in [0.25, 0.3) is 0 Å². The van der Waals surface area contributed by atoms with Crippen molar-refractivity contribution in [2.45, 2.75) is 18.9 Å². The molecule has 0 spiro atoms. The number of aromatic hydroxyl groups is 1. The minimum Gasteiger partial charge on any atom is -0.505 e. The topological polar surface area (TPSA) is 90.7 Å². The minimum atomic E-state index is -1.01. The maximum absolute atomic E-state index is 12.1. The Bertz CT molecular complexity index is 461. The van der Waals surface area contributed by atoms with E-state index in [2.05, 4.69) is 4.98 Å². The van der Waals surface area contributed by atoms with Crippen molar-refractivity contribution in [3.05, 3.63) is 24.0 Å². The van der Waals surface area contributed by atoms with Crippen LogP contribution in [0.1, 0.15) is 23.2 Å². The summed E-state index contributed by atoms with van der Waals surface area (Å²) in [5.74, 6) is -1.70. The zero-order valence-electron chi connectivity index (χ0n) is 9.04. The third-order valence-corrected chi connectivity index (χ3v) is 2.83. The van der Waals surface area contributed by atoms with E-state index in [9.17, 15) is 14.7 Å². The molecule has 0 radical (unpaired) electrons. The molecule has 1 aliphatic rings. The third kappa shape index (κ3) is 2.06. The van der Waals surface area contributed by atoms with E-state index in [1.54, 1.807) is 0 Å². The minimum absolute atomic E-state index is 0.0909. The second-order valence-corrected chi connectivity index (χ2v) is 3.89. The van der Waals surface area contributed by atoms with E-state index in [0.29, 0.717) is 19.4 Å². The highest BCUT2D eigenvalue weighted by Crippen LogP contribution is 2.23. The van der Waals surface area contributed by atoms with Gasteiger partial charge in [0.05, 0.1) is 11.8 Å². The largest absolute Gasteiger partial charge is 0.505 e. The summed E-state index contributed by atoms with van der Waals surface area (Å²) in [6.07, 6.45) is 3.67. The summed E-state index contributed by atoms with van der Waals surface area (Å²) in [6.45, 7) is 0.400. The van der Waals surface area contributed by atoms with Gasteiger partial charge < -0.3 is 15.1 Å². The second-order valence-electron chi connectivity index (χ2n) is 3.89. The van der Waals surface area contributed by atoms with E-state index in [-0.39, 0.29) is 11.3 Å². The Kier molecular flexibility index (Phi) is 2.95. The molecule has 1 saturated heterocycles. The van der Waals surface area contributed by atoms with E-state index in [4.69, 9.17) is 5.11 Å². The number of nitrogens with zero attached hydrogens (tertiary/aromatic N) is 2. The van der Waals surface area contributed by atoms with Crippen molar-refractivity contribution in [1.82, 2.24) is 9.88 Å². The van der Waals surface area contributed by atoms with Gasteiger partial charge in [-0.05, 0) is 18.9 Å². The number of hydrogen-bond donors (Lipinski definition) is 2. The molecular weight excluding hydrogens is 224 g/mol. The van der Waals surface area contributed by atoms with Gasteiger partial charge in [-0.1, -0.05) is 0 Å². The van der Waals surface area contributed by atoms with Gasteiger partial charge in [0.15, 0.2) is 0 Å². The average Bonchev–Trinajstić information content (AvgIpc) is 2.77. The lowest BCUT2D eigenvalue weighted by molar-refractivity contribution is -0.141. The predicted octanol–water partition coefficient (Wildman–Crippen LogP) is 0.476. The highest BCUT2D eigenvalue weighted by Gasteiger charge is 2.35. The predicted molar refractivity (Wildman–Crippen MR) is 57.6 cm³/mol. The molecule has 1 aliphatic heterocycles. The highest BCUT2D eigenvalue weighted by molar-refractivity contribution is 5.98. The number of carboxylic acids is 1. The summed E-state index contributed by atoms with van der Waals surface area (Å²) < 4.78 is 0. The number of carboxylic acid groups (broad SMARTS) is 1. The Labute approximate surface area is 97.5 Å². The van der Waals surface area contributed by atoms with Gasteiger partial charge in [0.25, 0.3) is 5.91 Å². The molecular formula is C11H12N2O4. The first-order valence-electron chi connectivity index (χ1n) is 5.28. The van der Waals surface area contributed by atoms with Gasteiger partial charge in [0.1, 0.15) is 11.8 Å². The molecule has 90 valence electrons. The van der Waals surface area contributed by atoms with Crippen LogP contribution in [0.5, 0.6) is 5.75 Å². The second kappa shape index (κ2) is 4.40. The normalized spacial score (nSPS) is 19.3. The Morgan fingerprint density at radius 3 is 2.88 bits per heavy atom. The van der Waals surface area contributed by atoms with Crippen LogP contribution in [-0.2, 0) is 4.79 Å². The zero-order valence-corrected chi connectivity index (χ0v) is 9.04. The molecule has 1 atom stereocenters. The van der Waals surface area contributed by atoms with Crippen molar-refractivity contribution in [2.24, 2.45) is 0 Å². The average molecular weight is 236 g/mol. The molecule has 1 aromatic rings. The van der Waals surface area contributed by atoms with Crippen molar-refractivity contribution in [3.8, 4) is 5.75 Å². The molecule has 1 unspecified atom stereocenters. The summed E-state index contributed by atoms with van der Waals surface area (Å²) in [5, 5.41) is 18.5. The highest BCUT2D eigenvalue weighted by atomic mass is 16.4. The monoisotopic (exact) mass is 236 g/mol. The molecule has 1 amide bonds. The molecule has 6 nitrogen and oxygen atoms in total. The number of hydrogen-bond acceptors (Lipinski definition) is 4. The number of aromatic nitrogens is 1. The van der Waals surface area contributed by atoms with Gasteiger partial charge in [-0.2, -0.15) is 0 Å². The summed E-state index contributed by atoms with van der Waals surface area (Å²) in [7, 11) is 0. The number of pyridine rings is 1. The van der Waals surface area contributed by atoms with Crippen LogP contribution in [-0.4, -0.2) is 44.6 Å². The van der Waals surface area contributed by atoms with Crippen molar-refractivity contribution >= 4 is 11.9 Å². The van der Waals surface area contributed by atoms with Gasteiger partial charge in [-0.3, -0.25) is 9.78 Å². The first kappa shape index (κ1) is 11.4. The fourth-order valence-electron chi connectivity index (χ4n) is 1.99. The molecule has 2 N–H and O–H groups in total. The number of likely N-dealkylation sites (tertiary alicyclic amines) is 1. The zero-order chi connectivity index (χ0) is 12.4. The molecule has 0 saturated carbocycles. The van der Waals surface area contributed by atoms with Crippen LogP contribution >= 0.6 is 0 Å². The number of aliphatic carboxylic acids is 1. The smallest absolute Gasteiger partial charge is 0.326 e. The molecule has 2 heterocycles. The van der Waals surface area contributed by atoms with Crippen molar-refractivity contribution < 1.29 is 19.8 Å². The summed E-state index contributed by atoms with van der Waals surface area (Å²) in [6, 6.07) is 0.588. The van der Waals surface area contributed by atoms with Crippen LogP contribution in [0.4, 0.5) is 0 Å². The molecule has 1 aromatic heterocycles. The first-order valence-corrected chi connectivity index (χ1v) is 5.28. The van der Waals surface area contributed by atoms with Crippen molar-refractivity contribution in [2.75, 3.05) is 6.54 Å². The number of rotatable bonds is 2. The Hall–Kier alpha value is -2.11. The lowest BCUT2D eigenvalue weighted by atomic mass is 10.2. The molecule has 2 rings (SSSR count). The van der Waals surface area contributed by atoms with Crippen LogP contribution in [0.15, 0.2) is 18.5 Å². The lowest BCUT2D eigenvalue weighted by Crippen LogP contribution is -2.40. The van der Waals surface area contributed by atoms with Crippen molar-refractivity contribution in [3.63, 3.8) is 0 Å². The molecule has 0 bridgehead atoms. The van der Waals surface area contributed by atoms with Crippen LogP contribution in [0.3, 0.4) is 0 Å². The Morgan fingerprint density at radius 1 is 1.47 bits per heavy atom. The van der Waals surface area contributed by atoms with Gasteiger partial charge in [0, 0.05) is 12.7 Å². The molecule has 17 heavy (non-hydrogen) atoms. The van der Waals surface area contributed by atoms with E-state index < -0.39 is 17.9 Å². The van der Waals surface area contributed by atoms with E-state index in [0.717, 1.165) is 0 Å². The van der Waals surface area contributed by atoms with Crippen LogP contribution < -0.4 is 0 Å². The number of amides is 1. The maximum Gasteiger partial charge on any atom is 0.326 e. The summed E-state index contributed by atoms with van der Waals surface area (Å²) in [4.78, 5) is 28.0. The van der Waals surface area contributed by atoms with E-state index >= 15 is 0 Å². The van der Waals surface area contributed by atoms with Crippen molar-refractivity contribution in [1.29, 1.82) is 0 Å². The van der Waals surface area contributed by atoms with Gasteiger partial charge in [-0.15, -0.1) is 0 Å². The number of carbonyl (C=O) groups is 2. The fourth-order valence-corrected chi connectivity index (χ4v) is 1.99. The van der Waals surface area contributed by atoms with Gasteiger partial charge >= 0.3 is 5.97 Å². The Balaban J connectivity index is 2.26.